The highest BCUT2D eigenvalue weighted by atomic mass is 32.2. The average Bonchev–Trinajstić information content (AvgIpc) is 2.96. The summed E-state index contributed by atoms with van der Waals surface area (Å²) in [5.41, 5.74) is 0.950. The fourth-order valence-electron chi connectivity index (χ4n) is 2.42. The molecule has 1 saturated heterocycles. The third-order valence-corrected chi connectivity index (χ3v) is 5.47. The first kappa shape index (κ1) is 15.9. The van der Waals surface area contributed by atoms with E-state index in [1.165, 1.54) is 11.4 Å². The maximum absolute atomic E-state index is 12.4. The van der Waals surface area contributed by atoms with Crippen LogP contribution in [0.25, 0.3) is 0 Å². The normalized spacial score (nSPS) is 19.6. The lowest BCUT2D eigenvalue weighted by Gasteiger charge is -2.16. The molecular weight excluding hydrogens is 292 g/mol. The Labute approximate surface area is 125 Å². The highest BCUT2D eigenvalue weighted by Crippen LogP contribution is 2.18. The van der Waals surface area contributed by atoms with E-state index in [1.54, 1.807) is 24.3 Å². The summed E-state index contributed by atoms with van der Waals surface area (Å²) in [4.78, 5) is 11.5. The standard InChI is InChI=1S/C14H20N2O4S/c1-15-13-6-7-16(9-13)21(18,19)10-11-4-3-5-12(8-11)14(17)20-2/h3-5,8,13,15H,6-7,9-10H2,1-2H3. The fourth-order valence-corrected chi connectivity index (χ4v) is 4.00. The maximum Gasteiger partial charge on any atom is 0.337 e. The van der Waals surface area contributed by atoms with E-state index in [9.17, 15) is 13.2 Å². The van der Waals surface area contributed by atoms with Crippen molar-refractivity contribution >= 4 is 16.0 Å². The number of sulfonamides is 1. The van der Waals surface area contributed by atoms with Gasteiger partial charge >= 0.3 is 5.97 Å². The first-order chi connectivity index (χ1) is 9.96. The summed E-state index contributed by atoms with van der Waals surface area (Å²) >= 11 is 0. The Hall–Kier alpha value is -1.44. The lowest BCUT2D eigenvalue weighted by molar-refractivity contribution is 0.0600. The molecule has 0 spiro atoms. The Morgan fingerprint density at radius 2 is 2.24 bits per heavy atom. The second-order valence-corrected chi connectivity index (χ2v) is 7.05. The van der Waals surface area contributed by atoms with E-state index in [4.69, 9.17) is 0 Å². The van der Waals surface area contributed by atoms with Crippen LogP contribution in [-0.2, 0) is 20.5 Å². The molecule has 1 aliphatic heterocycles. The molecule has 1 unspecified atom stereocenters. The van der Waals surface area contributed by atoms with Crippen LogP contribution in [0.2, 0.25) is 0 Å². The highest BCUT2D eigenvalue weighted by molar-refractivity contribution is 7.88. The van der Waals surface area contributed by atoms with Gasteiger partial charge in [-0.2, -0.15) is 0 Å². The number of nitrogens with one attached hydrogen (secondary N) is 1. The number of hydrogen-bond acceptors (Lipinski definition) is 5. The van der Waals surface area contributed by atoms with Crippen molar-refractivity contribution in [2.75, 3.05) is 27.2 Å². The average molecular weight is 312 g/mol. The van der Waals surface area contributed by atoms with E-state index in [2.05, 4.69) is 10.1 Å². The van der Waals surface area contributed by atoms with E-state index in [-0.39, 0.29) is 11.8 Å². The van der Waals surface area contributed by atoms with Crippen LogP contribution in [0.3, 0.4) is 0 Å². The zero-order valence-corrected chi connectivity index (χ0v) is 13.0. The van der Waals surface area contributed by atoms with Gasteiger partial charge in [-0.15, -0.1) is 0 Å². The molecule has 1 N–H and O–H groups in total. The molecular formula is C14H20N2O4S. The van der Waals surface area contributed by atoms with Crippen LogP contribution >= 0.6 is 0 Å². The van der Waals surface area contributed by atoms with Gasteiger partial charge in [0.15, 0.2) is 0 Å². The first-order valence-electron chi connectivity index (χ1n) is 6.78. The Kier molecular flexibility index (Phi) is 4.97. The molecule has 1 aromatic rings. The fraction of sp³-hybridized carbons (Fsp3) is 0.500. The summed E-state index contributed by atoms with van der Waals surface area (Å²) in [6, 6.07) is 6.75. The number of nitrogens with zero attached hydrogens (tertiary/aromatic N) is 1. The molecule has 1 fully saturated rings. The predicted molar refractivity (Wildman–Crippen MR) is 79.4 cm³/mol. The number of methoxy groups -OCH3 is 1. The molecule has 0 saturated carbocycles. The summed E-state index contributed by atoms with van der Waals surface area (Å²) in [6.07, 6.45) is 0.817. The topological polar surface area (TPSA) is 75.7 Å². The number of carbonyl (C=O) groups is 1. The number of benzene rings is 1. The number of esters is 1. The smallest absolute Gasteiger partial charge is 0.337 e. The molecule has 0 bridgehead atoms. The van der Waals surface area contributed by atoms with Crippen molar-refractivity contribution in [3.63, 3.8) is 0 Å². The SMILES string of the molecule is CNC1CCN(S(=O)(=O)Cc2cccc(C(=O)OC)c2)C1. The summed E-state index contributed by atoms with van der Waals surface area (Å²) in [6.45, 7) is 1.03. The quantitative estimate of drug-likeness (QED) is 0.806. The molecule has 1 atom stereocenters. The number of carbonyl (C=O) groups excluding carboxylic acids is 1. The van der Waals surface area contributed by atoms with Gasteiger partial charge < -0.3 is 10.1 Å². The minimum atomic E-state index is -3.36. The van der Waals surface area contributed by atoms with E-state index in [1.807, 2.05) is 7.05 Å². The molecule has 0 aliphatic carbocycles. The summed E-state index contributed by atoms with van der Waals surface area (Å²) in [7, 11) is -0.231. The molecule has 1 aromatic carbocycles. The largest absolute Gasteiger partial charge is 0.465 e. The summed E-state index contributed by atoms with van der Waals surface area (Å²) in [5, 5.41) is 3.09. The molecule has 1 heterocycles. The Balaban J connectivity index is 2.12. The first-order valence-corrected chi connectivity index (χ1v) is 8.39. The van der Waals surface area contributed by atoms with Gasteiger partial charge in [0, 0.05) is 19.1 Å². The zero-order valence-electron chi connectivity index (χ0n) is 12.2. The van der Waals surface area contributed by atoms with Crippen molar-refractivity contribution in [3.8, 4) is 0 Å². The van der Waals surface area contributed by atoms with E-state index >= 15 is 0 Å². The monoisotopic (exact) mass is 312 g/mol. The van der Waals surface area contributed by atoms with Crippen LogP contribution in [-0.4, -0.2) is 52.0 Å². The van der Waals surface area contributed by atoms with Crippen LogP contribution in [0.1, 0.15) is 22.3 Å². The van der Waals surface area contributed by atoms with Crippen molar-refractivity contribution < 1.29 is 17.9 Å². The lowest BCUT2D eigenvalue weighted by atomic mass is 10.1. The third-order valence-electron chi connectivity index (χ3n) is 3.65. The molecule has 0 radical (unpaired) electrons. The van der Waals surface area contributed by atoms with Crippen LogP contribution in [0, 0.1) is 0 Å². The van der Waals surface area contributed by atoms with Gasteiger partial charge in [0.1, 0.15) is 0 Å². The number of hydrogen-bond donors (Lipinski definition) is 1. The van der Waals surface area contributed by atoms with Gasteiger partial charge in [0.2, 0.25) is 10.0 Å². The maximum atomic E-state index is 12.4. The number of ether oxygens (including phenoxy) is 1. The van der Waals surface area contributed by atoms with Gasteiger partial charge in [-0.1, -0.05) is 12.1 Å². The van der Waals surface area contributed by atoms with Crippen molar-refractivity contribution in [2.24, 2.45) is 0 Å². The zero-order chi connectivity index (χ0) is 15.5. The number of rotatable bonds is 5. The Bertz CT molecular complexity index is 615. The third kappa shape index (κ3) is 3.81. The van der Waals surface area contributed by atoms with Crippen LogP contribution < -0.4 is 5.32 Å². The van der Waals surface area contributed by atoms with Crippen molar-refractivity contribution in [3.05, 3.63) is 35.4 Å². The van der Waals surface area contributed by atoms with Gasteiger partial charge in [-0.3, -0.25) is 0 Å². The molecule has 21 heavy (non-hydrogen) atoms. The second-order valence-electron chi connectivity index (χ2n) is 5.08. The van der Waals surface area contributed by atoms with Gasteiger partial charge in [-0.05, 0) is 31.2 Å². The van der Waals surface area contributed by atoms with Crippen LogP contribution in [0.15, 0.2) is 24.3 Å². The minimum absolute atomic E-state index is 0.103. The van der Waals surface area contributed by atoms with Gasteiger partial charge in [0.25, 0.3) is 0 Å². The van der Waals surface area contributed by atoms with E-state index in [0.29, 0.717) is 24.2 Å². The Morgan fingerprint density at radius 3 is 2.86 bits per heavy atom. The highest BCUT2D eigenvalue weighted by Gasteiger charge is 2.30. The van der Waals surface area contributed by atoms with E-state index < -0.39 is 16.0 Å². The molecule has 6 nitrogen and oxygen atoms in total. The van der Waals surface area contributed by atoms with Crippen molar-refractivity contribution in [2.45, 2.75) is 18.2 Å². The van der Waals surface area contributed by atoms with Gasteiger partial charge in [-0.25, -0.2) is 17.5 Å². The molecule has 2 rings (SSSR count). The van der Waals surface area contributed by atoms with Crippen LogP contribution in [0.5, 0.6) is 0 Å². The van der Waals surface area contributed by atoms with E-state index in [0.717, 1.165) is 6.42 Å². The summed E-state index contributed by atoms with van der Waals surface area (Å²) in [5.74, 6) is -0.570. The minimum Gasteiger partial charge on any atom is -0.465 e. The number of likely N-dealkylation sites (N-methyl/N-ethyl adjacent to an activating group) is 1. The molecule has 0 aromatic heterocycles. The second kappa shape index (κ2) is 6.55. The van der Waals surface area contributed by atoms with Crippen molar-refractivity contribution in [1.82, 2.24) is 9.62 Å². The lowest BCUT2D eigenvalue weighted by Crippen LogP contribution is -2.34. The molecule has 7 heteroatoms. The van der Waals surface area contributed by atoms with Crippen LogP contribution in [0.4, 0.5) is 0 Å². The van der Waals surface area contributed by atoms with Gasteiger partial charge in [0.05, 0.1) is 18.4 Å². The molecule has 0 amide bonds. The summed E-state index contributed by atoms with van der Waals surface area (Å²) < 4.78 is 30.9. The van der Waals surface area contributed by atoms with Crippen molar-refractivity contribution in [1.29, 1.82) is 0 Å². The molecule has 116 valence electrons. The molecule has 1 aliphatic rings. The predicted octanol–water partition coefficient (Wildman–Crippen LogP) is 0.597. The Morgan fingerprint density at radius 1 is 1.48 bits per heavy atom.